The zero-order valence-corrected chi connectivity index (χ0v) is 18.4. The zero-order chi connectivity index (χ0) is 20.3. The maximum atomic E-state index is 14.7. The molecule has 0 unspecified atom stereocenters. The Hall–Kier alpha value is -0.453. The van der Waals surface area contributed by atoms with Gasteiger partial charge in [0.05, 0.1) is 4.90 Å². The fourth-order valence-corrected chi connectivity index (χ4v) is 5.39. The van der Waals surface area contributed by atoms with Gasteiger partial charge in [-0.2, -0.15) is 13.2 Å². The van der Waals surface area contributed by atoms with Gasteiger partial charge in [-0.15, -0.1) is 0 Å². The van der Waals surface area contributed by atoms with Crippen molar-refractivity contribution in [1.29, 1.82) is 0 Å². The van der Waals surface area contributed by atoms with Crippen LogP contribution in [0.3, 0.4) is 0 Å². The lowest BCUT2D eigenvalue weighted by Gasteiger charge is -2.39. The van der Waals surface area contributed by atoms with Gasteiger partial charge >= 0.3 is 5.51 Å². The highest BCUT2D eigenvalue weighted by Gasteiger charge is 2.52. The Kier molecular flexibility index (Phi) is 5.51. The summed E-state index contributed by atoms with van der Waals surface area (Å²) in [4.78, 5) is -0.924. The predicted molar refractivity (Wildman–Crippen MR) is 97.0 cm³/mol. The molecule has 2 atom stereocenters. The Bertz CT molecular complexity index is 816. The first-order valence-corrected chi connectivity index (χ1v) is 13.1. The molecule has 1 aliphatic rings. The van der Waals surface area contributed by atoms with E-state index in [0.29, 0.717) is 4.47 Å². The molecule has 0 saturated carbocycles. The van der Waals surface area contributed by atoms with Gasteiger partial charge in [0.1, 0.15) is 12.3 Å². The van der Waals surface area contributed by atoms with E-state index in [2.05, 4.69) is 15.9 Å². The lowest BCUT2D eigenvalue weighted by molar-refractivity contribution is -0.0437. The summed E-state index contributed by atoms with van der Waals surface area (Å²) < 4.78 is 84.5. The van der Waals surface area contributed by atoms with Crippen molar-refractivity contribution >= 4 is 34.1 Å². The summed E-state index contributed by atoms with van der Waals surface area (Å²) in [5.41, 5.74) is -5.47. The average molecular weight is 477 g/mol. The highest BCUT2D eigenvalue weighted by molar-refractivity contribution is 9.10. The normalized spacial score (nSPS) is 21.8. The van der Waals surface area contributed by atoms with Crippen LogP contribution in [0.4, 0.5) is 17.6 Å². The SMILES string of the molecule is CC(C)(C)[Si](C)(C)O[C@H]1c2c(S(=O)(=O)C(F)(F)F)ccc(Br)c2C[C@H]1F. The van der Waals surface area contributed by atoms with E-state index in [-0.39, 0.29) is 22.6 Å². The first-order valence-electron chi connectivity index (χ1n) is 7.95. The Morgan fingerprint density at radius 3 is 2.19 bits per heavy atom. The number of benzene rings is 1. The van der Waals surface area contributed by atoms with E-state index >= 15 is 0 Å². The fraction of sp³-hybridized carbons (Fsp3) is 0.625. The largest absolute Gasteiger partial charge is 0.501 e. The number of sulfone groups is 1. The predicted octanol–water partition coefficient (Wildman–Crippen LogP) is 5.70. The van der Waals surface area contributed by atoms with Crippen LogP contribution in [0, 0.1) is 0 Å². The summed E-state index contributed by atoms with van der Waals surface area (Å²) in [5.74, 6) is 0. The van der Waals surface area contributed by atoms with Gasteiger partial charge in [0, 0.05) is 16.5 Å². The summed E-state index contributed by atoms with van der Waals surface area (Å²) in [6.45, 7) is 9.42. The Balaban J connectivity index is 2.67. The third-order valence-electron chi connectivity index (χ3n) is 5.09. The van der Waals surface area contributed by atoms with Crippen LogP contribution in [0.5, 0.6) is 0 Å². The number of alkyl halides is 4. The molecule has 0 radical (unpaired) electrons. The molecular formula is C16H21BrF4O3SSi. The zero-order valence-electron chi connectivity index (χ0n) is 15.0. The lowest BCUT2D eigenvalue weighted by Crippen LogP contribution is -2.43. The lowest BCUT2D eigenvalue weighted by atomic mass is 10.1. The standard InChI is InChI=1S/C16H21BrF4O3SSi/c1-15(2,3)26(4,5)24-14-11(18)8-9-10(17)6-7-12(13(9)14)25(22,23)16(19,20)21/h6-7,11,14H,8H2,1-5H3/t11-,14-/m1/s1. The van der Waals surface area contributed by atoms with Crippen molar-refractivity contribution in [3.8, 4) is 0 Å². The second-order valence-electron chi connectivity index (χ2n) is 7.91. The van der Waals surface area contributed by atoms with Crippen LogP contribution >= 0.6 is 15.9 Å². The maximum absolute atomic E-state index is 14.7. The third kappa shape index (κ3) is 3.61. The second kappa shape index (κ2) is 6.56. The molecule has 0 spiro atoms. The Morgan fingerprint density at radius 2 is 1.73 bits per heavy atom. The molecule has 10 heteroatoms. The highest BCUT2D eigenvalue weighted by atomic mass is 79.9. The highest BCUT2D eigenvalue weighted by Crippen LogP contribution is 2.49. The number of halogens is 5. The van der Waals surface area contributed by atoms with Gasteiger partial charge in [0.25, 0.3) is 9.84 Å². The molecular weight excluding hydrogens is 456 g/mol. The van der Waals surface area contributed by atoms with Crippen LogP contribution in [-0.2, 0) is 20.7 Å². The number of hydrogen-bond acceptors (Lipinski definition) is 3. The minimum Gasteiger partial charge on any atom is -0.407 e. The van der Waals surface area contributed by atoms with E-state index in [1.165, 1.54) is 6.07 Å². The van der Waals surface area contributed by atoms with Crippen LogP contribution < -0.4 is 0 Å². The van der Waals surface area contributed by atoms with Crippen molar-refractivity contribution < 1.29 is 30.4 Å². The molecule has 0 N–H and O–H groups in total. The minimum atomic E-state index is -5.62. The fourth-order valence-electron chi connectivity index (χ4n) is 2.60. The van der Waals surface area contributed by atoms with Gasteiger partial charge in [-0.05, 0) is 35.8 Å². The summed E-state index contributed by atoms with van der Waals surface area (Å²) in [6.07, 6.45) is -3.15. The molecule has 148 valence electrons. The van der Waals surface area contributed by atoms with E-state index in [4.69, 9.17) is 4.43 Å². The molecule has 0 heterocycles. The van der Waals surface area contributed by atoms with Crippen molar-refractivity contribution in [2.45, 2.75) is 68.0 Å². The van der Waals surface area contributed by atoms with Crippen LogP contribution in [0.15, 0.2) is 21.5 Å². The van der Waals surface area contributed by atoms with Crippen LogP contribution in [0.2, 0.25) is 18.1 Å². The van der Waals surface area contributed by atoms with E-state index < -0.39 is 40.8 Å². The van der Waals surface area contributed by atoms with Crippen LogP contribution in [0.1, 0.15) is 38.0 Å². The van der Waals surface area contributed by atoms with Crippen molar-refractivity contribution in [2.75, 3.05) is 0 Å². The summed E-state index contributed by atoms with van der Waals surface area (Å²) in [6, 6.07) is 2.07. The molecule has 3 nitrogen and oxygen atoms in total. The van der Waals surface area contributed by atoms with E-state index in [9.17, 15) is 26.0 Å². The van der Waals surface area contributed by atoms with Crippen molar-refractivity contribution in [2.24, 2.45) is 0 Å². The molecule has 1 aliphatic carbocycles. The van der Waals surface area contributed by atoms with Gasteiger partial charge < -0.3 is 4.43 Å². The first-order chi connectivity index (χ1) is 11.5. The molecule has 0 aromatic heterocycles. The molecule has 1 aromatic rings. The molecule has 0 bridgehead atoms. The molecule has 0 fully saturated rings. The molecule has 0 saturated heterocycles. The van der Waals surface area contributed by atoms with E-state index in [1.54, 1.807) is 0 Å². The van der Waals surface area contributed by atoms with Crippen LogP contribution in [-0.4, -0.2) is 28.4 Å². The van der Waals surface area contributed by atoms with Crippen molar-refractivity contribution in [3.05, 3.63) is 27.7 Å². The number of fused-ring (bicyclic) bond motifs is 1. The van der Waals surface area contributed by atoms with Gasteiger partial charge in [-0.3, -0.25) is 0 Å². The summed E-state index contributed by atoms with van der Waals surface area (Å²) in [5, 5.41) is -0.315. The van der Waals surface area contributed by atoms with Gasteiger partial charge in [-0.1, -0.05) is 36.7 Å². The average Bonchev–Trinajstić information content (AvgIpc) is 2.74. The maximum Gasteiger partial charge on any atom is 0.501 e. The molecule has 0 amide bonds. The number of rotatable bonds is 3. The molecule has 2 rings (SSSR count). The third-order valence-corrected chi connectivity index (χ3v) is 11.8. The van der Waals surface area contributed by atoms with Crippen molar-refractivity contribution in [3.63, 3.8) is 0 Å². The Labute approximate surface area is 160 Å². The van der Waals surface area contributed by atoms with Gasteiger partial charge in [-0.25, -0.2) is 12.8 Å². The van der Waals surface area contributed by atoms with Crippen molar-refractivity contribution in [1.82, 2.24) is 0 Å². The quantitative estimate of drug-likeness (QED) is 0.415. The number of hydrogen-bond donors (Lipinski definition) is 0. The van der Waals surface area contributed by atoms with Gasteiger partial charge in [0.15, 0.2) is 8.32 Å². The van der Waals surface area contributed by atoms with E-state index in [1.807, 2.05) is 33.9 Å². The minimum absolute atomic E-state index is 0.198. The topological polar surface area (TPSA) is 43.4 Å². The monoisotopic (exact) mass is 476 g/mol. The smallest absolute Gasteiger partial charge is 0.407 e. The Morgan fingerprint density at radius 1 is 1.19 bits per heavy atom. The molecule has 1 aromatic carbocycles. The van der Waals surface area contributed by atoms with E-state index in [0.717, 1.165) is 6.07 Å². The van der Waals surface area contributed by atoms with Crippen LogP contribution in [0.25, 0.3) is 0 Å². The molecule has 0 aliphatic heterocycles. The summed E-state index contributed by atoms with van der Waals surface area (Å²) >= 11 is 3.19. The first kappa shape index (κ1) is 21.8. The second-order valence-corrected chi connectivity index (χ2v) is 15.4. The van der Waals surface area contributed by atoms with Gasteiger partial charge in [0.2, 0.25) is 0 Å². The summed E-state index contributed by atoms with van der Waals surface area (Å²) in [7, 11) is -8.17. The molecule has 26 heavy (non-hydrogen) atoms.